The van der Waals surface area contributed by atoms with E-state index in [9.17, 15) is 14.7 Å². The minimum absolute atomic E-state index is 0.140. The molecule has 7 nitrogen and oxygen atoms in total. The van der Waals surface area contributed by atoms with Crippen LogP contribution < -0.4 is 10.6 Å². The molecule has 0 atom stereocenters. The number of nitrogens with one attached hydrogen (secondary N) is 2. The molecule has 0 unspecified atom stereocenters. The summed E-state index contributed by atoms with van der Waals surface area (Å²) in [5.41, 5.74) is -0.401. The second kappa shape index (κ2) is 11.4. The third kappa shape index (κ3) is 8.07. The van der Waals surface area contributed by atoms with Gasteiger partial charge in [0.2, 0.25) is 0 Å². The fourth-order valence-corrected chi connectivity index (χ4v) is 7.67. The minimum atomic E-state index is -1.52. The molecule has 2 fully saturated rings. The third-order valence-corrected chi connectivity index (χ3v) is 8.91. The van der Waals surface area contributed by atoms with E-state index in [0.29, 0.717) is 31.2 Å². The molecule has 0 saturated carbocycles. The predicted molar refractivity (Wildman–Crippen MR) is 169 cm³/mol. The lowest BCUT2D eigenvalue weighted by Crippen LogP contribution is -2.61. The van der Waals surface area contributed by atoms with Crippen molar-refractivity contribution >= 4 is 11.9 Å². The van der Waals surface area contributed by atoms with Gasteiger partial charge in [-0.1, -0.05) is 39.8 Å². The van der Waals surface area contributed by atoms with Crippen molar-refractivity contribution in [1.82, 2.24) is 10.6 Å². The molecule has 0 aromatic heterocycles. The molecule has 0 aliphatic carbocycles. The number of phenolic OH excluding ortho intramolecular Hbond substituents is 1. The first-order valence-corrected chi connectivity index (χ1v) is 15.7. The highest BCUT2D eigenvalue weighted by Crippen LogP contribution is 2.40. The minimum Gasteiger partial charge on any atom is -0.507 e. The van der Waals surface area contributed by atoms with Crippen LogP contribution in [0.2, 0.25) is 0 Å². The maximum Gasteiger partial charge on any atom is 0.324 e. The summed E-state index contributed by atoms with van der Waals surface area (Å²) in [5, 5.41) is 18.1. The Morgan fingerprint density at radius 2 is 1.19 bits per heavy atom. The van der Waals surface area contributed by atoms with E-state index in [1.54, 1.807) is 0 Å². The van der Waals surface area contributed by atoms with E-state index in [1.165, 1.54) is 0 Å². The standard InChI is InChI=1S/C35H58N2O5/c1-14-35(17-23-15-22(2)27(38)26(16-23)30(3,4)5,28(39)41-24-18-31(6,7)36-32(8,9)19-24)29(40)42-25-20-33(10,11)37-34(12,13)21-25/h15-16,24-25,36-38H,14,17-21H2,1-13H3. The number of piperidine rings is 2. The average Bonchev–Trinajstić information content (AvgIpc) is 2.74. The van der Waals surface area contributed by atoms with Crippen LogP contribution in [-0.2, 0) is 30.9 Å². The number of aryl methyl sites for hydroxylation is 1. The van der Waals surface area contributed by atoms with Crippen LogP contribution in [0.25, 0.3) is 0 Å². The number of ether oxygens (including phenoxy) is 2. The average molecular weight is 587 g/mol. The highest BCUT2D eigenvalue weighted by atomic mass is 16.6. The topological polar surface area (TPSA) is 96.9 Å². The van der Waals surface area contributed by atoms with Crippen LogP contribution in [0.1, 0.15) is 132 Å². The normalized spacial score (nSPS) is 22.4. The smallest absolute Gasteiger partial charge is 0.324 e. The Kier molecular flexibility index (Phi) is 9.35. The van der Waals surface area contributed by atoms with Crippen LogP contribution in [0.3, 0.4) is 0 Å². The summed E-state index contributed by atoms with van der Waals surface area (Å²) in [6.07, 6.45) is 2.34. The number of aromatic hydroxyl groups is 1. The summed E-state index contributed by atoms with van der Waals surface area (Å²) in [4.78, 5) is 28.7. The fraction of sp³-hybridized carbons (Fsp3) is 0.771. The summed E-state index contributed by atoms with van der Waals surface area (Å²) in [6, 6.07) is 3.81. The van der Waals surface area contributed by atoms with Gasteiger partial charge in [-0.2, -0.15) is 0 Å². The zero-order valence-corrected chi connectivity index (χ0v) is 28.6. The Hall–Kier alpha value is -2.12. The lowest BCUT2D eigenvalue weighted by atomic mass is 9.76. The van der Waals surface area contributed by atoms with Crippen molar-refractivity contribution in [3.05, 3.63) is 28.8 Å². The Morgan fingerprint density at radius 3 is 1.52 bits per heavy atom. The molecule has 2 saturated heterocycles. The first-order valence-electron chi connectivity index (χ1n) is 15.7. The van der Waals surface area contributed by atoms with E-state index in [1.807, 2.05) is 46.8 Å². The van der Waals surface area contributed by atoms with Crippen molar-refractivity contribution in [3.63, 3.8) is 0 Å². The van der Waals surface area contributed by atoms with Crippen molar-refractivity contribution in [2.24, 2.45) is 5.41 Å². The molecular weight excluding hydrogens is 528 g/mol. The largest absolute Gasteiger partial charge is 0.507 e. The number of rotatable bonds is 7. The van der Waals surface area contributed by atoms with Crippen LogP contribution in [0.5, 0.6) is 5.75 Å². The van der Waals surface area contributed by atoms with E-state index < -0.39 is 17.4 Å². The van der Waals surface area contributed by atoms with Crippen molar-refractivity contribution < 1.29 is 24.2 Å². The zero-order valence-electron chi connectivity index (χ0n) is 28.6. The highest BCUT2D eigenvalue weighted by Gasteiger charge is 2.51. The summed E-state index contributed by atoms with van der Waals surface area (Å²) < 4.78 is 12.6. The number of hydrogen-bond acceptors (Lipinski definition) is 7. The van der Waals surface area contributed by atoms with Gasteiger partial charge in [-0.3, -0.25) is 9.59 Å². The molecule has 3 N–H and O–H groups in total. The summed E-state index contributed by atoms with van der Waals surface area (Å²) >= 11 is 0. The lowest BCUT2D eigenvalue weighted by molar-refractivity contribution is -0.183. The van der Waals surface area contributed by atoms with Gasteiger partial charge < -0.3 is 25.2 Å². The Labute approximate surface area is 254 Å². The number of carbonyl (C=O) groups excluding carboxylic acids is 2. The first-order chi connectivity index (χ1) is 18.9. The molecule has 1 aromatic rings. The van der Waals surface area contributed by atoms with Gasteiger partial charge in [-0.05, 0) is 97.3 Å². The summed E-state index contributed by atoms with van der Waals surface area (Å²) in [6.45, 7) is 26.8. The molecule has 0 spiro atoms. The summed E-state index contributed by atoms with van der Waals surface area (Å²) in [7, 11) is 0. The van der Waals surface area contributed by atoms with Gasteiger partial charge in [0.15, 0.2) is 5.41 Å². The molecule has 2 aliphatic heterocycles. The number of benzene rings is 1. The van der Waals surface area contributed by atoms with Gasteiger partial charge in [0, 0.05) is 47.8 Å². The Bertz CT molecular complexity index is 1090. The highest BCUT2D eigenvalue weighted by molar-refractivity contribution is 6.00. The number of carbonyl (C=O) groups is 2. The monoisotopic (exact) mass is 586 g/mol. The van der Waals surface area contributed by atoms with Gasteiger partial charge in [0.25, 0.3) is 0 Å². The molecule has 7 heteroatoms. The van der Waals surface area contributed by atoms with Crippen LogP contribution >= 0.6 is 0 Å². The molecular formula is C35H58N2O5. The van der Waals surface area contributed by atoms with Crippen molar-refractivity contribution in [1.29, 1.82) is 0 Å². The van der Waals surface area contributed by atoms with Gasteiger partial charge in [-0.25, -0.2) is 0 Å². The fourth-order valence-electron chi connectivity index (χ4n) is 7.67. The quantitative estimate of drug-likeness (QED) is 0.243. The van der Waals surface area contributed by atoms with Crippen LogP contribution in [0.15, 0.2) is 12.1 Å². The second-order valence-corrected chi connectivity index (χ2v) is 16.8. The van der Waals surface area contributed by atoms with Crippen LogP contribution in [0.4, 0.5) is 0 Å². The molecule has 0 bridgehead atoms. The van der Waals surface area contributed by atoms with Crippen LogP contribution in [0, 0.1) is 12.3 Å². The van der Waals surface area contributed by atoms with E-state index in [2.05, 4.69) is 66.0 Å². The molecule has 42 heavy (non-hydrogen) atoms. The Balaban J connectivity index is 2.04. The number of phenols is 1. The van der Waals surface area contributed by atoms with Crippen molar-refractivity contribution in [3.8, 4) is 5.75 Å². The molecule has 3 rings (SSSR count). The van der Waals surface area contributed by atoms with Gasteiger partial charge in [0.05, 0.1) is 0 Å². The first kappa shape index (κ1) is 34.4. The van der Waals surface area contributed by atoms with E-state index in [0.717, 1.165) is 11.1 Å². The molecule has 1 aromatic carbocycles. The van der Waals surface area contributed by atoms with Gasteiger partial charge in [-0.15, -0.1) is 0 Å². The molecule has 0 radical (unpaired) electrons. The van der Waals surface area contributed by atoms with Gasteiger partial charge in [0.1, 0.15) is 18.0 Å². The Morgan fingerprint density at radius 1 is 0.810 bits per heavy atom. The zero-order chi connectivity index (χ0) is 32.1. The molecule has 2 heterocycles. The number of esters is 2. The number of hydrogen-bond donors (Lipinski definition) is 3. The van der Waals surface area contributed by atoms with E-state index >= 15 is 0 Å². The van der Waals surface area contributed by atoms with Crippen LogP contribution in [-0.4, -0.2) is 51.4 Å². The molecule has 0 amide bonds. The van der Waals surface area contributed by atoms with Gasteiger partial charge >= 0.3 is 11.9 Å². The summed E-state index contributed by atoms with van der Waals surface area (Å²) in [5.74, 6) is -0.801. The second-order valence-electron chi connectivity index (χ2n) is 16.8. The van der Waals surface area contributed by atoms with E-state index in [4.69, 9.17) is 9.47 Å². The lowest BCUT2D eigenvalue weighted by Gasteiger charge is -2.47. The SMILES string of the molecule is CCC(Cc1cc(C)c(O)c(C(C)(C)C)c1)(C(=O)OC1CC(C)(C)NC(C)(C)C1)C(=O)OC1CC(C)(C)NC(C)(C)C1. The van der Waals surface area contributed by atoms with Crippen molar-refractivity contribution in [2.45, 2.75) is 168 Å². The van der Waals surface area contributed by atoms with Crippen molar-refractivity contribution in [2.75, 3.05) is 0 Å². The van der Waals surface area contributed by atoms with E-state index in [-0.39, 0.29) is 58.4 Å². The predicted octanol–water partition coefficient (Wildman–Crippen LogP) is 6.64. The third-order valence-electron chi connectivity index (χ3n) is 8.91. The maximum absolute atomic E-state index is 14.4. The molecule has 2 aliphatic rings. The molecule has 238 valence electrons. The maximum atomic E-state index is 14.4.